The van der Waals surface area contributed by atoms with E-state index in [9.17, 15) is 0 Å². The first-order valence-corrected chi connectivity index (χ1v) is 7.96. The number of halogens is 2. The molecule has 7 heteroatoms. The Morgan fingerprint density at radius 3 is 3.00 bits per heavy atom. The van der Waals surface area contributed by atoms with Crippen LogP contribution >= 0.6 is 38.5 Å². The molecule has 0 fully saturated rings. The summed E-state index contributed by atoms with van der Waals surface area (Å²) in [5.74, 6) is 5.77. The van der Waals surface area contributed by atoms with Gasteiger partial charge in [0.05, 0.1) is 35.6 Å². The maximum absolute atomic E-state index is 5.77. The lowest BCUT2D eigenvalue weighted by Crippen LogP contribution is -2.31. The Labute approximate surface area is 140 Å². The van der Waals surface area contributed by atoms with Gasteiger partial charge >= 0.3 is 0 Å². The summed E-state index contributed by atoms with van der Waals surface area (Å²) in [6.45, 7) is 1.28. The van der Waals surface area contributed by atoms with Gasteiger partial charge < -0.3 is 4.74 Å². The van der Waals surface area contributed by atoms with Crippen molar-refractivity contribution < 1.29 is 4.74 Å². The number of hydrazine groups is 1. The molecule has 0 radical (unpaired) electrons. The summed E-state index contributed by atoms with van der Waals surface area (Å²) in [4.78, 5) is 0. The summed E-state index contributed by atoms with van der Waals surface area (Å²) < 4.78 is 9.11. The predicted molar refractivity (Wildman–Crippen MR) is 90.1 cm³/mol. The Bertz CT molecular complexity index is 575. The van der Waals surface area contributed by atoms with E-state index in [1.807, 2.05) is 16.8 Å². The first-order valence-electron chi connectivity index (χ1n) is 6.09. The summed E-state index contributed by atoms with van der Waals surface area (Å²) in [5, 5.41) is 4.36. The number of nitrogens with zero attached hydrogens (tertiary/aromatic N) is 2. The zero-order valence-corrected chi connectivity index (χ0v) is 14.8. The van der Waals surface area contributed by atoms with Gasteiger partial charge in [0.25, 0.3) is 0 Å². The number of nitrogens with two attached hydrogens (primary N) is 1. The summed E-state index contributed by atoms with van der Waals surface area (Å²) in [5.41, 5.74) is 4.96. The lowest BCUT2D eigenvalue weighted by molar-refractivity contribution is 0.182. The van der Waals surface area contributed by atoms with E-state index in [4.69, 9.17) is 10.6 Å². The normalized spacial score (nSPS) is 12.6. The van der Waals surface area contributed by atoms with Crippen LogP contribution in [0.5, 0.6) is 0 Å². The molecule has 20 heavy (non-hydrogen) atoms. The molecule has 0 aliphatic rings. The summed E-state index contributed by atoms with van der Waals surface area (Å²) in [6, 6.07) is 8.09. The van der Waals surface area contributed by atoms with Crippen LogP contribution in [0.4, 0.5) is 0 Å². The number of hydrogen-bond donors (Lipinski definition) is 2. The molecule has 1 unspecified atom stereocenters. The monoisotopic (exact) mass is 450 g/mol. The van der Waals surface area contributed by atoms with Gasteiger partial charge in [-0.15, -0.1) is 0 Å². The third kappa shape index (κ3) is 3.59. The Hall–Kier alpha value is -0.480. The SMILES string of the molecule is COCCn1ncc(Br)c1C(NN)c1cccc(I)c1. The van der Waals surface area contributed by atoms with Crippen LogP contribution in [0.15, 0.2) is 34.9 Å². The number of aromatic nitrogens is 2. The molecule has 3 N–H and O–H groups in total. The fourth-order valence-electron chi connectivity index (χ4n) is 2.03. The molecule has 2 aromatic rings. The van der Waals surface area contributed by atoms with Crippen LogP contribution in [0.2, 0.25) is 0 Å². The Morgan fingerprint density at radius 2 is 2.35 bits per heavy atom. The minimum absolute atomic E-state index is 0.126. The maximum atomic E-state index is 5.77. The highest BCUT2D eigenvalue weighted by molar-refractivity contribution is 14.1. The van der Waals surface area contributed by atoms with Gasteiger partial charge in [-0.05, 0) is 56.2 Å². The summed E-state index contributed by atoms with van der Waals surface area (Å²) in [6.07, 6.45) is 1.78. The Balaban J connectivity index is 2.38. The number of rotatable bonds is 6. The van der Waals surface area contributed by atoms with Gasteiger partial charge in [-0.3, -0.25) is 10.5 Å². The molecule has 0 aliphatic heterocycles. The molecule has 5 nitrogen and oxygen atoms in total. The minimum atomic E-state index is -0.126. The van der Waals surface area contributed by atoms with Crippen LogP contribution in [-0.4, -0.2) is 23.5 Å². The summed E-state index contributed by atoms with van der Waals surface area (Å²) in [7, 11) is 1.68. The molecule has 2 rings (SSSR count). The second-order valence-corrected chi connectivity index (χ2v) is 6.35. The van der Waals surface area contributed by atoms with Crippen LogP contribution in [0.1, 0.15) is 17.3 Å². The maximum Gasteiger partial charge on any atom is 0.0890 e. The minimum Gasteiger partial charge on any atom is -0.383 e. The van der Waals surface area contributed by atoms with Gasteiger partial charge in [0.2, 0.25) is 0 Å². The van der Waals surface area contributed by atoms with Crippen LogP contribution in [0, 0.1) is 3.57 Å². The number of ether oxygens (including phenoxy) is 1. The lowest BCUT2D eigenvalue weighted by atomic mass is 10.0. The first-order chi connectivity index (χ1) is 9.67. The fraction of sp³-hybridized carbons (Fsp3) is 0.308. The molecule has 1 atom stereocenters. The average molecular weight is 451 g/mol. The molecule has 108 valence electrons. The third-order valence-corrected chi connectivity index (χ3v) is 4.24. The summed E-state index contributed by atoms with van der Waals surface area (Å²) >= 11 is 5.84. The largest absolute Gasteiger partial charge is 0.383 e. The average Bonchev–Trinajstić information content (AvgIpc) is 2.79. The Kier molecular flexibility index (Phi) is 5.97. The highest BCUT2D eigenvalue weighted by Gasteiger charge is 2.21. The second kappa shape index (κ2) is 7.51. The number of hydrogen-bond acceptors (Lipinski definition) is 4. The molecule has 1 heterocycles. The van der Waals surface area contributed by atoms with Crippen LogP contribution in [0.25, 0.3) is 0 Å². The molecule has 0 saturated heterocycles. The van der Waals surface area contributed by atoms with Gasteiger partial charge in [0.1, 0.15) is 0 Å². The number of nitrogens with one attached hydrogen (secondary N) is 1. The Morgan fingerprint density at radius 1 is 1.55 bits per heavy atom. The van der Waals surface area contributed by atoms with Gasteiger partial charge in [0.15, 0.2) is 0 Å². The van der Waals surface area contributed by atoms with Crippen molar-refractivity contribution >= 4 is 38.5 Å². The fourth-order valence-corrected chi connectivity index (χ4v) is 3.13. The van der Waals surface area contributed by atoms with E-state index in [-0.39, 0.29) is 6.04 Å². The topological polar surface area (TPSA) is 65.1 Å². The van der Waals surface area contributed by atoms with Crippen molar-refractivity contribution in [3.05, 3.63) is 49.8 Å². The zero-order valence-electron chi connectivity index (χ0n) is 11.0. The van der Waals surface area contributed by atoms with Gasteiger partial charge in [0, 0.05) is 10.7 Å². The van der Waals surface area contributed by atoms with Crippen LogP contribution in [-0.2, 0) is 11.3 Å². The molecule has 0 spiro atoms. The molecular weight excluding hydrogens is 435 g/mol. The van der Waals surface area contributed by atoms with Crippen molar-refractivity contribution in [2.24, 2.45) is 5.84 Å². The van der Waals surface area contributed by atoms with Crippen molar-refractivity contribution in [2.75, 3.05) is 13.7 Å². The first kappa shape index (κ1) is 15.9. The second-order valence-electron chi connectivity index (χ2n) is 4.25. The van der Waals surface area contributed by atoms with Crippen molar-refractivity contribution in [3.63, 3.8) is 0 Å². The van der Waals surface area contributed by atoms with E-state index in [1.54, 1.807) is 13.3 Å². The highest BCUT2D eigenvalue weighted by Crippen LogP contribution is 2.28. The molecule has 0 amide bonds. The highest BCUT2D eigenvalue weighted by atomic mass is 127. The predicted octanol–water partition coefficient (Wildman–Crippen LogP) is 2.45. The number of methoxy groups -OCH3 is 1. The smallest absolute Gasteiger partial charge is 0.0890 e. The van der Waals surface area contributed by atoms with E-state index >= 15 is 0 Å². The van der Waals surface area contributed by atoms with E-state index < -0.39 is 0 Å². The molecule has 0 saturated carbocycles. The van der Waals surface area contributed by atoms with Crippen LogP contribution < -0.4 is 11.3 Å². The molecule has 0 aliphatic carbocycles. The molecule has 1 aromatic carbocycles. The van der Waals surface area contributed by atoms with Crippen molar-refractivity contribution in [2.45, 2.75) is 12.6 Å². The quantitative estimate of drug-likeness (QED) is 0.403. The van der Waals surface area contributed by atoms with Gasteiger partial charge in [-0.2, -0.15) is 5.10 Å². The van der Waals surface area contributed by atoms with Crippen molar-refractivity contribution in [1.29, 1.82) is 0 Å². The lowest BCUT2D eigenvalue weighted by Gasteiger charge is -2.19. The zero-order chi connectivity index (χ0) is 14.5. The standard InChI is InChI=1S/C13H16BrIN4O/c1-20-6-5-19-13(11(14)8-17-19)12(18-16)9-3-2-4-10(15)7-9/h2-4,7-8,12,18H,5-6,16H2,1H3. The number of benzene rings is 1. The third-order valence-electron chi connectivity index (χ3n) is 2.96. The van der Waals surface area contributed by atoms with Crippen LogP contribution in [0.3, 0.4) is 0 Å². The van der Waals surface area contributed by atoms with Gasteiger partial charge in [-0.1, -0.05) is 12.1 Å². The van der Waals surface area contributed by atoms with Crippen molar-refractivity contribution in [1.82, 2.24) is 15.2 Å². The van der Waals surface area contributed by atoms with E-state index in [2.05, 4.69) is 61.2 Å². The van der Waals surface area contributed by atoms with E-state index in [0.29, 0.717) is 13.2 Å². The molecule has 1 aromatic heterocycles. The van der Waals surface area contributed by atoms with Crippen molar-refractivity contribution in [3.8, 4) is 0 Å². The van der Waals surface area contributed by atoms with Gasteiger partial charge in [-0.25, -0.2) is 5.43 Å². The molecule has 0 bridgehead atoms. The van der Waals surface area contributed by atoms with E-state index in [1.165, 1.54) is 3.57 Å². The van der Waals surface area contributed by atoms with E-state index in [0.717, 1.165) is 15.7 Å². The molecular formula is C13H16BrIN4O.